The molecule has 0 radical (unpaired) electrons. The molecule has 554 valence electrons. The van der Waals surface area contributed by atoms with E-state index in [4.69, 9.17) is 65.8 Å². The van der Waals surface area contributed by atoms with Crippen LogP contribution in [0.1, 0.15) is 107 Å². The number of hydrogen-bond donors (Lipinski definition) is 17. The molecule has 40 atom stereocenters. The Kier molecular flexibility index (Phi) is 23.0. The van der Waals surface area contributed by atoms with Crippen molar-refractivity contribution in [3.05, 3.63) is 11.6 Å². The fourth-order valence-electron chi connectivity index (χ4n) is 17.6. The van der Waals surface area contributed by atoms with E-state index in [1.54, 1.807) is 0 Å². The molecule has 0 bridgehead atoms. The Morgan fingerprint density at radius 2 is 1.04 bits per heavy atom. The lowest BCUT2D eigenvalue weighted by Gasteiger charge is -2.60. The molecule has 17 N–H and O–H groups in total. The van der Waals surface area contributed by atoms with Gasteiger partial charge in [0, 0.05) is 0 Å². The predicted octanol–water partition coefficient (Wildman–Crippen LogP) is -5.04. The third-order valence-electron chi connectivity index (χ3n) is 23.0. The van der Waals surface area contributed by atoms with Gasteiger partial charge in [-0.3, -0.25) is 4.55 Å². The van der Waals surface area contributed by atoms with Crippen molar-refractivity contribution in [2.45, 2.75) is 315 Å². The molecule has 7 saturated heterocycles. The van der Waals surface area contributed by atoms with Crippen molar-refractivity contribution in [3.63, 3.8) is 0 Å². The topological polar surface area (TPSA) is 511 Å². The first-order chi connectivity index (χ1) is 45.0. The molecule has 10 fully saturated rings. The second kappa shape index (κ2) is 29.2. The number of epoxide rings is 1. The molecule has 0 aromatic rings. The van der Waals surface area contributed by atoms with Crippen LogP contribution in [-0.2, 0) is 76.2 Å². The largest absolute Gasteiger partial charge is 0.397 e. The van der Waals surface area contributed by atoms with Crippen molar-refractivity contribution in [3.8, 4) is 0 Å². The number of rotatable bonds is 20. The molecule has 34 heteroatoms. The smallest absolute Gasteiger partial charge is 0.394 e. The summed E-state index contributed by atoms with van der Waals surface area (Å²) in [5.74, 6) is -0.361. The molecule has 4 aliphatic carbocycles. The molecule has 7 heterocycles. The molecule has 11 aliphatic rings. The summed E-state index contributed by atoms with van der Waals surface area (Å²) in [6, 6.07) is 0. The van der Waals surface area contributed by atoms with Gasteiger partial charge in [0.2, 0.25) is 0 Å². The van der Waals surface area contributed by atoms with Gasteiger partial charge in [-0.2, -0.15) is 8.42 Å². The molecule has 40 unspecified atom stereocenters. The molecule has 7 aliphatic heterocycles. The quantitative estimate of drug-likeness (QED) is 0.0308. The Morgan fingerprint density at radius 1 is 0.542 bits per heavy atom. The minimum absolute atomic E-state index is 0.0387. The zero-order chi connectivity index (χ0) is 69.9. The summed E-state index contributed by atoms with van der Waals surface area (Å²) in [6.07, 6.45) is -47.7. The highest BCUT2D eigenvalue weighted by atomic mass is 32.3. The maximum Gasteiger partial charge on any atom is 0.397 e. The normalized spacial score (nSPS) is 53.8. The Morgan fingerprint density at radius 3 is 1.62 bits per heavy atom. The minimum atomic E-state index is -4.90. The fraction of sp³-hybridized carbons (Fsp3) is 0.968. The average molecular weight is 1410 g/mol. The van der Waals surface area contributed by atoms with Crippen LogP contribution in [0.4, 0.5) is 0 Å². The third-order valence-corrected chi connectivity index (χ3v) is 23.6. The van der Waals surface area contributed by atoms with Crippen LogP contribution in [0.15, 0.2) is 11.6 Å². The number of ether oxygens (including phenoxy) is 13. The number of fused-ring (bicyclic) bond motifs is 5. The molecular formula is C62H102O33S. The van der Waals surface area contributed by atoms with Crippen molar-refractivity contribution < 1.29 is 160 Å². The van der Waals surface area contributed by atoms with E-state index in [0.29, 0.717) is 25.2 Å². The molecule has 96 heavy (non-hydrogen) atoms. The number of aliphatic hydroxyl groups is 16. The van der Waals surface area contributed by atoms with Crippen LogP contribution in [-0.4, -0.2) is 323 Å². The van der Waals surface area contributed by atoms with E-state index < -0.39 is 243 Å². The summed E-state index contributed by atoms with van der Waals surface area (Å²) in [7, 11) is -4.90. The molecule has 0 spiro atoms. The van der Waals surface area contributed by atoms with E-state index in [0.717, 1.165) is 19.3 Å². The van der Waals surface area contributed by atoms with E-state index in [1.807, 2.05) is 6.92 Å². The van der Waals surface area contributed by atoms with Gasteiger partial charge in [-0.15, -0.1) is 0 Å². The van der Waals surface area contributed by atoms with Crippen LogP contribution < -0.4 is 0 Å². The van der Waals surface area contributed by atoms with E-state index in [2.05, 4.69) is 33.8 Å². The lowest BCUT2D eigenvalue weighted by atomic mass is 9.47. The van der Waals surface area contributed by atoms with Crippen molar-refractivity contribution in [1.82, 2.24) is 0 Å². The highest BCUT2D eigenvalue weighted by Gasteiger charge is 2.67. The predicted molar refractivity (Wildman–Crippen MR) is 317 cm³/mol. The van der Waals surface area contributed by atoms with Gasteiger partial charge < -0.3 is 143 Å². The van der Waals surface area contributed by atoms with Crippen LogP contribution in [0.25, 0.3) is 0 Å². The van der Waals surface area contributed by atoms with E-state index in [1.165, 1.54) is 26.3 Å². The summed E-state index contributed by atoms with van der Waals surface area (Å²) >= 11 is 0. The number of hydrogen-bond acceptors (Lipinski definition) is 32. The van der Waals surface area contributed by atoms with Gasteiger partial charge >= 0.3 is 10.4 Å². The van der Waals surface area contributed by atoms with Crippen molar-refractivity contribution in [2.24, 2.45) is 40.4 Å². The SMILES string of the molecule is CC(C)CC1OC1C(C)(O)C1CCC2C3CC(OC4OC(C)C(O)C(OC5OCC(OC6OC(CO)C(O)C(O)C6OC6OC(C)C(O)C(OC7OC(CO)C(O)C(O)C7O)C6O)C(O)C5OC5OC(C)C(O)C(O)C5O)C4O)C4CC(OS(=O)(=O)O)CCC4(C)C3=CCC21C. The monoisotopic (exact) mass is 1410 g/mol. The second-order valence-electron chi connectivity index (χ2n) is 29.8. The van der Waals surface area contributed by atoms with Gasteiger partial charge in [0.25, 0.3) is 0 Å². The van der Waals surface area contributed by atoms with E-state index in [9.17, 15) is 94.7 Å². The number of aliphatic hydroxyl groups excluding tert-OH is 15. The lowest BCUT2D eigenvalue weighted by Crippen LogP contribution is -2.67. The van der Waals surface area contributed by atoms with Crippen LogP contribution in [0.5, 0.6) is 0 Å². The summed E-state index contributed by atoms with van der Waals surface area (Å²) in [5, 5.41) is 180. The summed E-state index contributed by atoms with van der Waals surface area (Å²) in [6.45, 7) is 12.1. The van der Waals surface area contributed by atoms with E-state index in [-0.39, 0.29) is 42.8 Å². The summed E-state index contributed by atoms with van der Waals surface area (Å²) in [5.41, 5.74) is -1.00. The standard InChI is InChI=1S/C62H102O33S/c1-21(2)15-31-53(86-31)62(8,78)35-10-9-27-26-17-30(29-16-25(95-96(79,80)81)11-13-60(29,6)28(26)12-14-61(27,35)7)87-56-47(76)50(38(67)23(4)84-56)92-58-51(93-54-45(74)42(71)36(65)22(3)83-54)41(70)34(20-82-58)90-59-52(44(73)40(69)33(19-64)89-59)94-57-48(77)49(37(66)24(5)85-57)91-55-46(75)43(72)39(68)32(18-63)88-55/h12,21-27,29-59,63-78H,9-11,13-20H2,1-8H3,(H,79,80,81). The average Bonchev–Trinajstić information content (AvgIpc) is 1.40. The molecule has 11 rings (SSSR count). The molecular weight excluding hydrogens is 1300 g/mol. The maximum atomic E-state index is 12.5. The van der Waals surface area contributed by atoms with Crippen LogP contribution in [0.3, 0.4) is 0 Å². The van der Waals surface area contributed by atoms with Gasteiger partial charge in [0.15, 0.2) is 37.7 Å². The second-order valence-corrected chi connectivity index (χ2v) is 30.8. The summed E-state index contributed by atoms with van der Waals surface area (Å²) in [4.78, 5) is 0. The first-order valence-corrected chi connectivity index (χ1v) is 35.0. The van der Waals surface area contributed by atoms with Crippen molar-refractivity contribution >= 4 is 10.4 Å². The van der Waals surface area contributed by atoms with Crippen LogP contribution in [0.2, 0.25) is 0 Å². The Bertz CT molecular complexity index is 2750. The Balaban J connectivity index is 0.843. The van der Waals surface area contributed by atoms with Gasteiger partial charge in [-0.1, -0.05) is 39.3 Å². The molecule has 33 nitrogen and oxygen atoms in total. The fourth-order valence-corrected chi connectivity index (χ4v) is 18.2. The van der Waals surface area contributed by atoms with Gasteiger partial charge in [0.1, 0.15) is 128 Å². The van der Waals surface area contributed by atoms with E-state index >= 15 is 0 Å². The van der Waals surface area contributed by atoms with Gasteiger partial charge in [-0.25, -0.2) is 4.18 Å². The third kappa shape index (κ3) is 14.4. The van der Waals surface area contributed by atoms with Crippen LogP contribution >= 0.6 is 0 Å². The van der Waals surface area contributed by atoms with Crippen LogP contribution in [0, 0.1) is 40.4 Å². The van der Waals surface area contributed by atoms with Crippen molar-refractivity contribution in [1.29, 1.82) is 0 Å². The maximum absolute atomic E-state index is 12.5. The zero-order valence-corrected chi connectivity index (χ0v) is 55.7. The first kappa shape index (κ1) is 75.6. The zero-order valence-electron chi connectivity index (χ0n) is 54.8. The molecule has 0 aromatic carbocycles. The van der Waals surface area contributed by atoms with Gasteiger partial charge in [-0.05, 0) is 119 Å². The highest BCUT2D eigenvalue weighted by molar-refractivity contribution is 7.80. The highest BCUT2D eigenvalue weighted by Crippen LogP contribution is 2.68. The molecule has 0 aromatic heterocycles. The Labute approximate surface area is 555 Å². The van der Waals surface area contributed by atoms with Gasteiger partial charge in [0.05, 0.1) is 62.0 Å². The molecule has 0 amide bonds. The molecule has 3 saturated carbocycles. The summed E-state index contributed by atoms with van der Waals surface area (Å²) < 4.78 is 119. The lowest BCUT2D eigenvalue weighted by molar-refractivity contribution is -0.402. The first-order valence-electron chi connectivity index (χ1n) is 33.7. The Hall–Kier alpha value is -1.55. The number of allylic oxidation sites excluding steroid dienone is 2. The minimum Gasteiger partial charge on any atom is -0.394 e. The van der Waals surface area contributed by atoms with Crippen molar-refractivity contribution in [2.75, 3.05) is 19.8 Å².